The monoisotopic (exact) mass is 306 g/mol. The molecule has 1 aliphatic heterocycles. The van der Waals surface area contributed by atoms with Crippen LogP contribution in [0.2, 0.25) is 0 Å². The predicted octanol–water partition coefficient (Wildman–Crippen LogP) is 3.21. The van der Waals surface area contributed by atoms with Gasteiger partial charge in [-0.3, -0.25) is 9.97 Å². The summed E-state index contributed by atoms with van der Waals surface area (Å²) >= 11 is 3.42. The summed E-state index contributed by atoms with van der Waals surface area (Å²) in [6.45, 7) is 2.20. The highest BCUT2D eigenvalue weighted by molar-refractivity contribution is 9.10. The van der Waals surface area contributed by atoms with Crippen molar-refractivity contribution in [1.29, 1.82) is 0 Å². The number of pyridine rings is 2. The standard InChI is InChI=1S/C13H15BrN4/c14-10-8-12-13(16-9-10)11(4-5-15-12)17-18-6-2-1-3-7-18/h4-5,8-9H,1-3,6-7H2,(H,15,17). The van der Waals surface area contributed by atoms with E-state index < -0.39 is 0 Å². The maximum Gasteiger partial charge on any atom is 0.113 e. The molecule has 94 valence electrons. The number of hydrazine groups is 1. The van der Waals surface area contributed by atoms with E-state index >= 15 is 0 Å². The van der Waals surface area contributed by atoms with E-state index in [1.807, 2.05) is 24.5 Å². The van der Waals surface area contributed by atoms with Crippen molar-refractivity contribution in [3.8, 4) is 0 Å². The molecule has 3 heterocycles. The lowest BCUT2D eigenvalue weighted by Crippen LogP contribution is -2.34. The van der Waals surface area contributed by atoms with E-state index in [2.05, 4.69) is 36.3 Å². The summed E-state index contributed by atoms with van der Waals surface area (Å²) in [6.07, 6.45) is 7.48. The summed E-state index contributed by atoms with van der Waals surface area (Å²) in [7, 11) is 0. The third kappa shape index (κ3) is 2.47. The predicted molar refractivity (Wildman–Crippen MR) is 76.3 cm³/mol. The second-order valence-corrected chi connectivity index (χ2v) is 5.45. The van der Waals surface area contributed by atoms with Gasteiger partial charge >= 0.3 is 0 Å². The highest BCUT2D eigenvalue weighted by Crippen LogP contribution is 2.23. The molecule has 1 fully saturated rings. The minimum absolute atomic E-state index is 0.909. The van der Waals surface area contributed by atoms with Crippen LogP contribution in [0.25, 0.3) is 11.0 Å². The zero-order valence-corrected chi connectivity index (χ0v) is 11.7. The van der Waals surface area contributed by atoms with Crippen LogP contribution < -0.4 is 5.43 Å². The van der Waals surface area contributed by atoms with Crippen LogP contribution in [0.15, 0.2) is 29.0 Å². The zero-order chi connectivity index (χ0) is 12.4. The fourth-order valence-electron chi connectivity index (χ4n) is 2.27. The van der Waals surface area contributed by atoms with Crippen LogP contribution >= 0.6 is 15.9 Å². The number of nitrogens with one attached hydrogen (secondary N) is 1. The topological polar surface area (TPSA) is 41.1 Å². The summed E-state index contributed by atoms with van der Waals surface area (Å²) in [6, 6.07) is 3.97. The van der Waals surface area contributed by atoms with E-state index in [1.54, 1.807) is 0 Å². The van der Waals surface area contributed by atoms with Gasteiger partial charge in [0.2, 0.25) is 0 Å². The van der Waals surface area contributed by atoms with Crippen molar-refractivity contribution in [1.82, 2.24) is 15.0 Å². The van der Waals surface area contributed by atoms with Crippen molar-refractivity contribution in [2.45, 2.75) is 19.3 Å². The molecule has 0 amide bonds. The van der Waals surface area contributed by atoms with Gasteiger partial charge < -0.3 is 5.43 Å². The van der Waals surface area contributed by atoms with Crippen LogP contribution in [0.3, 0.4) is 0 Å². The molecule has 2 aromatic heterocycles. The fourth-order valence-corrected chi connectivity index (χ4v) is 2.59. The molecule has 0 unspecified atom stereocenters. The Morgan fingerprint density at radius 2 is 2.00 bits per heavy atom. The molecule has 1 aliphatic rings. The summed E-state index contributed by atoms with van der Waals surface area (Å²) in [4.78, 5) is 8.79. The Kier molecular flexibility index (Phi) is 3.43. The van der Waals surface area contributed by atoms with Crippen LogP contribution in [0.4, 0.5) is 5.69 Å². The molecule has 3 rings (SSSR count). The average Bonchev–Trinajstić information content (AvgIpc) is 2.40. The lowest BCUT2D eigenvalue weighted by molar-refractivity contribution is 0.273. The number of piperidine rings is 1. The Morgan fingerprint density at radius 3 is 2.83 bits per heavy atom. The number of hydrogen-bond acceptors (Lipinski definition) is 4. The molecular formula is C13H15BrN4. The van der Waals surface area contributed by atoms with Gasteiger partial charge in [0.1, 0.15) is 5.52 Å². The molecule has 2 aromatic rings. The molecule has 18 heavy (non-hydrogen) atoms. The van der Waals surface area contributed by atoms with Crippen LogP contribution in [0, 0.1) is 0 Å². The number of fused-ring (bicyclic) bond motifs is 1. The lowest BCUT2D eigenvalue weighted by Gasteiger charge is -2.28. The third-order valence-electron chi connectivity index (χ3n) is 3.18. The minimum Gasteiger partial charge on any atom is -0.317 e. The Bertz CT molecular complexity index is 552. The Balaban J connectivity index is 1.91. The molecule has 1 N–H and O–H groups in total. The van der Waals surface area contributed by atoms with E-state index in [0.717, 1.165) is 34.3 Å². The Labute approximate surface area is 115 Å². The van der Waals surface area contributed by atoms with E-state index in [-0.39, 0.29) is 0 Å². The number of aromatic nitrogens is 2. The van der Waals surface area contributed by atoms with Gasteiger partial charge in [0.05, 0.1) is 11.2 Å². The van der Waals surface area contributed by atoms with Crippen molar-refractivity contribution < 1.29 is 0 Å². The Morgan fingerprint density at radius 1 is 1.17 bits per heavy atom. The highest BCUT2D eigenvalue weighted by Gasteiger charge is 2.11. The van der Waals surface area contributed by atoms with Gasteiger partial charge in [0.25, 0.3) is 0 Å². The van der Waals surface area contributed by atoms with E-state index in [4.69, 9.17) is 0 Å². The van der Waals surface area contributed by atoms with E-state index in [9.17, 15) is 0 Å². The lowest BCUT2D eigenvalue weighted by atomic mass is 10.2. The minimum atomic E-state index is 0.909. The first-order valence-corrected chi connectivity index (χ1v) is 7.04. The maximum absolute atomic E-state index is 4.45. The van der Waals surface area contributed by atoms with Gasteiger partial charge in [-0.1, -0.05) is 6.42 Å². The Hall–Kier alpha value is -1.20. The molecule has 0 spiro atoms. The van der Waals surface area contributed by atoms with Crippen LogP contribution in [-0.2, 0) is 0 Å². The molecule has 0 atom stereocenters. The quantitative estimate of drug-likeness (QED) is 0.925. The molecule has 0 saturated carbocycles. The number of anilines is 1. The van der Waals surface area contributed by atoms with Gasteiger partial charge in [-0.05, 0) is 40.9 Å². The first kappa shape index (κ1) is 11.9. The van der Waals surface area contributed by atoms with Crippen LogP contribution in [0.1, 0.15) is 19.3 Å². The molecule has 5 heteroatoms. The summed E-state index contributed by atoms with van der Waals surface area (Å²) in [5.74, 6) is 0. The van der Waals surface area contributed by atoms with Gasteiger partial charge in [-0.25, -0.2) is 5.01 Å². The zero-order valence-electron chi connectivity index (χ0n) is 10.1. The van der Waals surface area contributed by atoms with Gasteiger partial charge in [0.15, 0.2) is 0 Å². The first-order chi connectivity index (χ1) is 8.83. The number of rotatable bonds is 2. The van der Waals surface area contributed by atoms with Crippen LogP contribution in [0.5, 0.6) is 0 Å². The molecular weight excluding hydrogens is 292 g/mol. The molecule has 4 nitrogen and oxygen atoms in total. The summed E-state index contributed by atoms with van der Waals surface area (Å²) < 4.78 is 0.956. The van der Waals surface area contributed by atoms with Crippen molar-refractivity contribution >= 4 is 32.7 Å². The molecule has 0 aromatic carbocycles. The van der Waals surface area contributed by atoms with Gasteiger partial charge in [0, 0.05) is 30.0 Å². The van der Waals surface area contributed by atoms with Crippen LogP contribution in [-0.4, -0.2) is 28.1 Å². The molecule has 0 bridgehead atoms. The van der Waals surface area contributed by atoms with E-state index in [1.165, 1.54) is 19.3 Å². The largest absolute Gasteiger partial charge is 0.317 e. The van der Waals surface area contributed by atoms with Crippen molar-refractivity contribution in [3.05, 3.63) is 29.0 Å². The van der Waals surface area contributed by atoms with Gasteiger partial charge in [-0.15, -0.1) is 0 Å². The average molecular weight is 307 g/mol. The smallest absolute Gasteiger partial charge is 0.113 e. The van der Waals surface area contributed by atoms with Crippen molar-refractivity contribution in [2.75, 3.05) is 18.5 Å². The number of halogens is 1. The second kappa shape index (κ2) is 5.20. The summed E-state index contributed by atoms with van der Waals surface area (Å²) in [5.41, 5.74) is 6.33. The summed E-state index contributed by atoms with van der Waals surface area (Å²) in [5, 5.41) is 2.27. The molecule has 0 aliphatic carbocycles. The first-order valence-electron chi connectivity index (χ1n) is 6.25. The maximum atomic E-state index is 4.45. The SMILES string of the molecule is Brc1cnc2c(NN3CCCCC3)ccnc2c1. The third-order valence-corrected chi connectivity index (χ3v) is 3.61. The highest BCUT2D eigenvalue weighted by atomic mass is 79.9. The van der Waals surface area contributed by atoms with Gasteiger partial charge in [-0.2, -0.15) is 0 Å². The van der Waals surface area contributed by atoms with E-state index in [0.29, 0.717) is 0 Å². The second-order valence-electron chi connectivity index (χ2n) is 4.54. The number of hydrogen-bond donors (Lipinski definition) is 1. The molecule has 0 radical (unpaired) electrons. The van der Waals surface area contributed by atoms with Crippen molar-refractivity contribution in [3.63, 3.8) is 0 Å². The fraction of sp³-hybridized carbons (Fsp3) is 0.385. The van der Waals surface area contributed by atoms with Crippen molar-refractivity contribution in [2.24, 2.45) is 0 Å². The normalized spacial score (nSPS) is 16.9. The number of nitrogens with zero attached hydrogens (tertiary/aromatic N) is 3. The molecule has 1 saturated heterocycles.